The Kier molecular flexibility index (Phi) is 5.54. The molecule has 1 aromatic heterocycles. The van der Waals surface area contributed by atoms with Crippen LogP contribution in [0.5, 0.6) is 0 Å². The van der Waals surface area contributed by atoms with Gasteiger partial charge in [0.05, 0.1) is 16.3 Å². The molecule has 2 aromatic carbocycles. The number of nitrogens with zero attached hydrogens (tertiary/aromatic N) is 1. The van der Waals surface area contributed by atoms with E-state index in [-0.39, 0.29) is 11.2 Å². The second kappa shape index (κ2) is 8.02. The molecule has 0 aliphatic carbocycles. The number of H-pyrrole nitrogens is 1. The predicted octanol–water partition coefficient (Wildman–Crippen LogP) is 3.79. The van der Waals surface area contributed by atoms with Crippen LogP contribution in [0.1, 0.15) is 19.2 Å². The van der Waals surface area contributed by atoms with Gasteiger partial charge in [-0.15, -0.1) is 11.8 Å². The molecule has 0 saturated carbocycles. The Labute approximate surface area is 146 Å². The molecule has 0 saturated heterocycles. The minimum Gasteiger partial charge on any atom is -0.355 e. The first-order valence-corrected chi connectivity index (χ1v) is 9.03. The van der Waals surface area contributed by atoms with Gasteiger partial charge in [-0.05, 0) is 37.6 Å². The number of nitrogens with one attached hydrogen (secondary N) is 2. The van der Waals surface area contributed by atoms with E-state index in [4.69, 9.17) is 0 Å². The van der Waals surface area contributed by atoms with Crippen LogP contribution >= 0.6 is 11.8 Å². The Morgan fingerprint density at radius 3 is 2.71 bits per heavy atom. The fraction of sp³-hybridized carbons (Fsp3) is 0.263. The molecule has 0 radical (unpaired) electrons. The summed E-state index contributed by atoms with van der Waals surface area (Å²) in [6, 6.07) is 18.0. The van der Waals surface area contributed by atoms with E-state index in [0.29, 0.717) is 6.54 Å². The van der Waals surface area contributed by atoms with Gasteiger partial charge in [0.2, 0.25) is 5.91 Å². The number of hydrogen-bond donors (Lipinski definition) is 2. The first kappa shape index (κ1) is 16.6. The number of carbonyl (C=O) groups is 1. The molecule has 0 unspecified atom stereocenters. The molecule has 1 heterocycles. The Bertz CT molecular complexity index is 767. The van der Waals surface area contributed by atoms with E-state index in [1.165, 1.54) is 0 Å². The van der Waals surface area contributed by atoms with Gasteiger partial charge in [0.1, 0.15) is 5.82 Å². The fourth-order valence-corrected chi connectivity index (χ4v) is 3.40. The van der Waals surface area contributed by atoms with Crippen molar-refractivity contribution in [3.05, 3.63) is 60.4 Å². The molecule has 1 amide bonds. The van der Waals surface area contributed by atoms with Crippen LogP contribution in [0.3, 0.4) is 0 Å². The summed E-state index contributed by atoms with van der Waals surface area (Å²) in [4.78, 5) is 21.1. The third kappa shape index (κ3) is 4.38. The van der Waals surface area contributed by atoms with Crippen molar-refractivity contribution < 1.29 is 4.79 Å². The van der Waals surface area contributed by atoms with Crippen LogP contribution in [-0.2, 0) is 11.2 Å². The van der Waals surface area contributed by atoms with Gasteiger partial charge in [0.15, 0.2) is 0 Å². The quantitative estimate of drug-likeness (QED) is 0.508. The Morgan fingerprint density at radius 1 is 1.17 bits per heavy atom. The molecule has 0 aliphatic heterocycles. The highest BCUT2D eigenvalue weighted by molar-refractivity contribution is 8.00. The van der Waals surface area contributed by atoms with Gasteiger partial charge in [0, 0.05) is 17.9 Å². The molecule has 24 heavy (non-hydrogen) atoms. The fourth-order valence-electron chi connectivity index (χ4n) is 2.49. The summed E-state index contributed by atoms with van der Waals surface area (Å²) in [5.41, 5.74) is 2.05. The summed E-state index contributed by atoms with van der Waals surface area (Å²) in [6.07, 6.45) is 1.70. The number of aromatic nitrogens is 2. The van der Waals surface area contributed by atoms with Gasteiger partial charge in [-0.1, -0.05) is 30.3 Å². The zero-order valence-electron chi connectivity index (χ0n) is 13.7. The maximum absolute atomic E-state index is 12.1. The molecule has 124 valence electrons. The average Bonchev–Trinajstić information content (AvgIpc) is 3.02. The van der Waals surface area contributed by atoms with Gasteiger partial charge in [-0.25, -0.2) is 4.98 Å². The Hall–Kier alpha value is -2.27. The molecule has 0 bridgehead atoms. The van der Waals surface area contributed by atoms with Crippen molar-refractivity contribution in [2.75, 3.05) is 6.54 Å². The van der Waals surface area contributed by atoms with Gasteiger partial charge in [-0.2, -0.15) is 0 Å². The highest BCUT2D eigenvalue weighted by Crippen LogP contribution is 2.22. The van der Waals surface area contributed by atoms with E-state index in [2.05, 4.69) is 15.3 Å². The summed E-state index contributed by atoms with van der Waals surface area (Å²) in [5.74, 6) is 1.05. The van der Waals surface area contributed by atoms with Crippen LogP contribution in [0.15, 0.2) is 59.5 Å². The third-order valence-corrected chi connectivity index (χ3v) is 4.87. The summed E-state index contributed by atoms with van der Waals surface area (Å²) in [6.45, 7) is 2.60. The largest absolute Gasteiger partial charge is 0.355 e. The van der Waals surface area contributed by atoms with Crippen LogP contribution in [0.4, 0.5) is 0 Å². The number of aryl methyl sites for hydroxylation is 1. The molecule has 2 N–H and O–H groups in total. The molecule has 5 heteroatoms. The van der Waals surface area contributed by atoms with Crippen LogP contribution in [0.2, 0.25) is 0 Å². The minimum absolute atomic E-state index is 0.0773. The lowest BCUT2D eigenvalue weighted by molar-refractivity contribution is -0.120. The second-order valence-corrected chi connectivity index (χ2v) is 7.08. The standard InChI is InChI=1S/C19H21N3OS/c1-14(24-15-8-3-2-4-9-15)19(23)20-13-7-12-18-21-16-10-5-6-11-17(16)22-18/h2-6,8-11,14H,7,12-13H2,1H3,(H,20,23)(H,21,22)/t14-/m0/s1. The zero-order chi connectivity index (χ0) is 16.8. The van der Waals surface area contributed by atoms with Gasteiger partial charge < -0.3 is 10.3 Å². The summed E-state index contributed by atoms with van der Waals surface area (Å²) < 4.78 is 0. The highest BCUT2D eigenvalue weighted by Gasteiger charge is 2.13. The molecule has 0 spiro atoms. The lowest BCUT2D eigenvalue weighted by Gasteiger charge is -2.11. The van der Waals surface area contributed by atoms with Crippen LogP contribution in [0.25, 0.3) is 11.0 Å². The summed E-state index contributed by atoms with van der Waals surface area (Å²) >= 11 is 1.58. The number of thioether (sulfide) groups is 1. The minimum atomic E-state index is -0.0985. The van der Waals surface area contributed by atoms with E-state index in [0.717, 1.165) is 34.6 Å². The number of hydrogen-bond acceptors (Lipinski definition) is 3. The van der Waals surface area contributed by atoms with Crippen molar-refractivity contribution in [2.24, 2.45) is 0 Å². The SMILES string of the molecule is C[C@H](Sc1ccccc1)C(=O)NCCCc1nc2ccccc2[nH]1. The van der Waals surface area contributed by atoms with Gasteiger partial charge >= 0.3 is 0 Å². The monoisotopic (exact) mass is 339 g/mol. The molecular formula is C19H21N3OS. The molecule has 1 atom stereocenters. The van der Waals surface area contributed by atoms with Crippen LogP contribution in [0, 0.1) is 0 Å². The topological polar surface area (TPSA) is 57.8 Å². The van der Waals surface area contributed by atoms with Crippen molar-refractivity contribution >= 4 is 28.7 Å². The van der Waals surface area contributed by atoms with E-state index in [9.17, 15) is 4.79 Å². The van der Waals surface area contributed by atoms with Crippen molar-refractivity contribution in [1.82, 2.24) is 15.3 Å². The number of aromatic amines is 1. The van der Waals surface area contributed by atoms with E-state index in [1.54, 1.807) is 11.8 Å². The number of rotatable bonds is 7. The Balaban J connectivity index is 1.41. The predicted molar refractivity (Wildman–Crippen MR) is 99.2 cm³/mol. The van der Waals surface area contributed by atoms with E-state index in [1.807, 2.05) is 61.5 Å². The number of amides is 1. The summed E-state index contributed by atoms with van der Waals surface area (Å²) in [7, 11) is 0. The molecule has 0 fully saturated rings. The first-order valence-electron chi connectivity index (χ1n) is 8.15. The molecule has 0 aliphatic rings. The smallest absolute Gasteiger partial charge is 0.233 e. The van der Waals surface area contributed by atoms with Crippen LogP contribution < -0.4 is 5.32 Å². The summed E-state index contributed by atoms with van der Waals surface area (Å²) in [5, 5.41) is 2.91. The maximum atomic E-state index is 12.1. The first-order chi connectivity index (χ1) is 11.7. The van der Waals surface area contributed by atoms with Crippen molar-refractivity contribution in [2.45, 2.75) is 29.9 Å². The Morgan fingerprint density at radius 2 is 1.92 bits per heavy atom. The van der Waals surface area contributed by atoms with E-state index >= 15 is 0 Å². The van der Waals surface area contributed by atoms with Gasteiger partial charge in [-0.3, -0.25) is 4.79 Å². The number of imidazole rings is 1. The average molecular weight is 339 g/mol. The van der Waals surface area contributed by atoms with Crippen molar-refractivity contribution in [3.63, 3.8) is 0 Å². The number of benzene rings is 2. The number of para-hydroxylation sites is 2. The lowest BCUT2D eigenvalue weighted by atomic mass is 10.3. The molecule has 3 aromatic rings. The molecule has 4 nitrogen and oxygen atoms in total. The molecule has 3 rings (SSSR count). The van der Waals surface area contributed by atoms with E-state index < -0.39 is 0 Å². The van der Waals surface area contributed by atoms with Crippen LogP contribution in [-0.4, -0.2) is 27.7 Å². The van der Waals surface area contributed by atoms with Crippen molar-refractivity contribution in [3.8, 4) is 0 Å². The normalized spacial score (nSPS) is 12.2. The second-order valence-electron chi connectivity index (χ2n) is 5.67. The van der Waals surface area contributed by atoms with Crippen molar-refractivity contribution in [1.29, 1.82) is 0 Å². The highest BCUT2D eigenvalue weighted by atomic mass is 32.2. The molecular weight excluding hydrogens is 318 g/mol. The zero-order valence-corrected chi connectivity index (χ0v) is 14.5. The van der Waals surface area contributed by atoms with Gasteiger partial charge in [0.25, 0.3) is 0 Å². The maximum Gasteiger partial charge on any atom is 0.233 e. The third-order valence-electron chi connectivity index (χ3n) is 3.75. The number of fused-ring (bicyclic) bond motifs is 1. The lowest BCUT2D eigenvalue weighted by Crippen LogP contribution is -2.31. The number of carbonyl (C=O) groups excluding carboxylic acids is 1.